The van der Waals surface area contributed by atoms with E-state index in [1.165, 1.54) is 21.9 Å². The Bertz CT molecular complexity index is 1200. The summed E-state index contributed by atoms with van der Waals surface area (Å²) in [6.07, 6.45) is -3.44. The average molecular weight is 517 g/mol. The molecule has 0 aromatic heterocycles. The Hall–Kier alpha value is -3.32. The maximum atomic E-state index is 14.0. The van der Waals surface area contributed by atoms with E-state index in [-0.39, 0.29) is 18.9 Å². The SMILES string of the molecule is CCc1ccc(Cl)c(N(CCc2ccc(C(F)(F)F)cc2)C(=O)C(C(=O)N(C)C)c2ccccc2)c1. The van der Waals surface area contributed by atoms with Gasteiger partial charge in [0.15, 0.2) is 0 Å². The lowest BCUT2D eigenvalue weighted by molar-refractivity contribution is -0.138. The van der Waals surface area contributed by atoms with Crippen LogP contribution in [-0.4, -0.2) is 37.4 Å². The molecule has 3 rings (SSSR count). The minimum absolute atomic E-state index is 0.126. The molecule has 0 saturated heterocycles. The van der Waals surface area contributed by atoms with Crippen LogP contribution in [0, 0.1) is 0 Å². The molecule has 0 heterocycles. The number of hydrogen-bond donors (Lipinski definition) is 0. The molecular formula is C28H28ClF3N2O2. The molecule has 0 N–H and O–H groups in total. The second-order valence-electron chi connectivity index (χ2n) is 8.65. The van der Waals surface area contributed by atoms with Crippen molar-refractivity contribution in [3.63, 3.8) is 0 Å². The van der Waals surface area contributed by atoms with Gasteiger partial charge in [-0.1, -0.05) is 67.1 Å². The third kappa shape index (κ3) is 6.46. The van der Waals surface area contributed by atoms with Gasteiger partial charge >= 0.3 is 6.18 Å². The molecule has 3 aromatic carbocycles. The van der Waals surface area contributed by atoms with Crippen LogP contribution in [0.25, 0.3) is 0 Å². The molecule has 4 nitrogen and oxygen atoms in total. The molecule has 8 heteroatoms. The quantitative estimate of drug-likeness (QED) is 0.326. The van der Waals surface area contributed by atoms with Crippen molar-refractivity contribution in [3.8, 4) is 0 Å². The Kier molecular flexibility index (Phi) is 8.79. The molecule has 0 fully saturated rings. The molecule has 0 aliphatic rings. The van der Waals surface area contributed by atoms with E-state index in [9.17, 15) is 22.8 Å². The Labute approximate surface area is 214 Å². The van der Waals surface area contributed by atoms with E-state index in [2.05, 4.69) is 0 Å². The van der Waals surface area contributed by atoms with Crippen LogP contribution < -0.4 is 4.90 Å². The zero-order chi connectivity index (χ0) is 26.5. The number of hydrogen-bond acceptors (Lipinski definition) is 2. The lowest BCUT2D eigenvalue weighted by atomic mass is 9.95. The number of amides is 2. The lowest BCUT2D eigenvalue weighted by Crippen LogP contribution is -2.43. The molecule has 190 valence electrons. The zero-order valence-electron chi connectivity index (χ0n) is 20.3. The van der Waals surface area contributed by atoms with Gasteiger partial charge in [-0.05, 0) is 53.8 Å². The number of nitrogens with zero attached hydrogens (tertiary/aromatic N) is 2. The summed E-state index contributed by atoms with van der Waals surface area (Å²) in [5, 5.41) is 0.345. The summed E-state index contributed by atoms with van der Waals surface area (Å²) < 4.78 is 38.9. The molecule has 0 aliphatic carbocycles. The highest BCUT2D eigenvalue weighted by Gasteiger charge is 2.35. The van der Waals surface area contributed by atoms with Crippen molar-refractivity contribution >= 4 is 29.1 Å². The van der Waals surface area contributed by atoms with Crippen LogP contribution in [0.2, 0.25) is 5.02 Å². The molecule has 0 aliphatic heterocycles. The van der Waals surface area contributed by atoms with Crippen molar-refractivity contribution in [1.82, 2.24) is 4.90 Å². The first-order chi connectivity index (χ1) is 17.0. The molecule has 0 radical (unpaired) electrons. The monoisotopic (exact) mass is 516 g/mol. The number of carbonyl (C=O) groups is 2. The standard InChI is InChI=1S/C28H28ClF3N2O2/c1-4-19-12-15-23(29)24(18-19)34(17-16-20-10-13-22(14-11-20)28(30,31)32)27(36)25(26(35)33(2)3)21-8-6-5-7-9-21/h5-15,18,25H,4,16-17H2,1-3H3. The normalized spacial score (nSPS) is 12.2. The smallest absolute Gasteiger partial charge is 0.348 e. The highest BCUT2D eigenvalue weighted by atomic mass is 35.5. The Morgan fingerprint density at radius 3 is 2.06 bits per heavy atom. The van der Waals surface area contributed by atoms with E-state index in [0.717, 1.165) is 17.7 Å². The second-order valence-corrected chi connectivity index (χ2v) is 9.06. The van der Waals surface area contributed by atoms with Gasteiger partial charge in [-0.2, -0.15) is 13.2 Å². The predicted molar refractivity (Wildman–Crippen MR) is 136 cm³/mol. The van der Waals surface area contributed by atoms with Gasteiger partial charge in [0.2, 0.25) is 11.8 Å². The summed E-state index contributed by atoms with van der Waals surface area (Å²) in [6, 6.07) is 19.0. The molecule has 0 bridgehead atoms. The van der Waals surface area contributed by atoms with Crippen LogP contribution in [-0.2, 0) is 28.6 Å². The maximum Gasteiger partial charge on any atom is 0.416 e. The van der Waals surface area contributed by atoms with E-state index in [1.807, 2.05) is 19.1 Å². The Balaban J connectivity index is 2.02. The molecule has 1 unspecified atom stereocenters. The van der Waals surface area contributed by atoms with Crippen LogP contribution >= 0.6 is 11.6 Å². The van der Waals surface area contributed by atoms with E-state index in [0.29, 0.717) is 28.3 Å². The fourth-order valence-electron chi connectivity index (χ4n) is 3.89. The minimum atomic E-state index is -4.43. The van der Waals surface area contributed by atoms with Gasteiger partial charge in [0.25, 0.3) is 0 Å². The van der Waals surface area contributed by atoms with Crippen molar-refractivity contribution in [2.45, 2.75) is 31.9 Å². The van der Waals surface area contributed by atoms with Crippen LogP contribution in [0.3, 0.4) is 0 Å². The number of likely N-dealkylation sites (N-methyl/N-ethyl adjacent to an activating group) is 1. The van der Waals surface area contributed by atoms with Crippen molar-refractivity contribution in [2.24, 2.45) is 0 Å². The first kappa shape index (κ1) is 27.3. The third-order valence-corrected chi connectivity index (χ3v) is 6.27. The van der Waals surface area contributed by atoms with Crippen molar-refractivity contribution < 1.29 is 22.8 Å². The molecule has 2 amide bonds. The summed E-state index contributed by atoms with van der Waals surface area (Å²) >= 11 is 6.52. The van der Waals surface area contributed by atoms with Gasteiger partial charge in [-0.25, -0.2) is 0 Å². The summed E-state index contributed by atoms with van der Waals surface area (Å²) in [5.74, 6) is -1.94. The molecule has 36 heavy (non-hydrogen) atoms. The zero-order valence-corrected chi connectivity index (χ0v) is 21.1. The fraction of sp³-hybridized carbons (Fsp3) is 0.286. The lowest BCUT2D eigenvalue weighted by Gasteiger charge is -2.30. The van der Waals surface area contributed by atoms with Gasteiger partial charge in [-0.3, -0.25) is 9.59 Å². The highest BCUT2D eigenvalue weighted by Crippen LogP contribution is 2.32. The number of rotatable bonds is 8. The third-order valence-electron chi connectivity index (χ3n) is 5.95. The number of halogens is 4. The summed E-state index contributed by atoms with van der Waals surface area (Å²) in [4.78, 5) is 30.0. The predicted octanol–water partition coefficient (Wildman–Crippen LogP) is 6.37. The fourth-order valence-corrected chi connectivity index (χ4v) is 4.11. The van der Waals surface area contributed by atoms with Crippen LogP contribution in [0.1, 0.15) is 35.1 Å². The van der Waals surface area contributed by atoms with Gasteiger partial charge in [0.1, 0.15) is 5.92 Å². The van der Waals surface area contributed by atoms with Crippen LogP contribution in [0.15, 0.2) is 72.8 Å². The number of carbonyl (C=O) groups excluding carboxylic acids is 2. The molecule has 0 saturated carbocycles. The van der Waals surface area contributed by atoms with E-state index in [1.54, 1.807) is 50.5 Å². The van der Waals surface area contributed by atoms with Crippen LogP contribution in [0.4, 0.5) is 18.9 Å². The second kappa shape index (κ2) is 11.6. The molecule has 3 aromatic rings. The molecule has 1 atom stereocenters. The van der Waals surface area contributed by atoms with Crippen molar-refractivity contribution in [2.75, 3.05) is 25.5 Å². The Morgan fingerprint density at radius 1 is 0.889 bits per heavy atom. The number of benzene rings is 3. The summed E-state index contributed by atoms with van der Waals surface area (Å²) in [5.41, 5.74) is 1.85. The maximum absolute atomic E-state index is 14.0. The topological polar surface area (TPSA) is 40.6 Å². The van der Waals surface area contributed by atoms with E-state index >= 15 is 0 Å². The minimum Gasteiger partial charge on any atom is -0.348 e. The molecule has 0 spiro atoms. The number of anilines is 1. The van der Waals surface area contributed by atoms with E-state index in [4.69, 9.17) is 11.6 Å². The molecular weight excluding hydrogens is 489 g/mol. The summed E-state index contributed by atoms with van der Waals surface area (Å²) in [7, 11) is 3.17. The van der Waals surface area contributed by atoms with Crippen molar-refractivity contribution in [1.29, 1.82) is 0 Å². The Morgan fingerprint density at radius 2 is 1.50 bits per heavy atom. The van der Waals surface area contributed by atoms with Gasteiger partial charge in [0.05, 0.1) is 16.3 Å². The van der Waals surface area contributed by atoms with Gasteiger partial charge in [-0.15, -0.1) is 0 Å². The number of alkyl halides is 3. The highest BCUT2D eigenvalue weighted by molar-refractivity contribution is 6.34. The first-order valence-corrected chi connectivity index (χ1v) is 11.9. The number of aryl methyl sites for hydroxylation is 1. The largest absolute Gasteiger partial charge is 0.416 e. The average Bonchev–Trinajstić information content (AvgIpc) is 2.85. The van der Waals surface area contributed by atoms with Crippen molar-refractivity contribution in [3.05, 3.63) is 100 Å². The summed E-state index contributed by atoms with van der Waals surface area (Å²) in [6.45, 7) is 2.10. The van der Waals surface area contributed by atoms with E-state index < -0.39 is 23.6 Å². The van der Waals surface area contributed by atoms with Gasteiger partial charge < -0.3 is 9.80 Å². The van der Waals surface area contributed by atoms with Gasteiger partial charge in [0, 0.05) is 20.6 Å². The van der Waals surface area contributed by atoms with Crippen LogP contribution in [0.5, 0.6) is 0 Å². The first-order valence-electron chi connectivity index (χ1n) is 11.5.